The molecule has 0 aliphatic carbocycles. The van der Waals surface area contributed by atoms with Gasteiger partial charge in [0.1, 0.15) is 0 Å². The van der Waals surface area contributed by atoms with Crippen molar-refractivity contribution in [3.05, 3.63) is 23.8 Å². The topological polar surface area (TPSA) is 61.8 Å². The van der Waals surface area contributed by atoms with Crippen LogP contribution in [0.1, 0.15) is 12.0 Å². The van der Waals surface area contributed by atoms with Crippen molar-refractivity contribution in [3.63, 3.8) is 0 Å². The quantitative estimate of drug-likeness (QED) is 0.852. The normalized spacial score (nSPS) is 17.5. The van der Waals surface area contributed by atoms with E-state index < -0.39 is 0 Å². The molecule has 5 nitrogen and oxygen atoms in total. The molecule has 1 aliphatic heterocycles. The van der Waals surface area contributed by atoms with Crippen LogP contribution in [0.25, 0.3) is 0 Å². The fraction of sp³-hybridized carbons (Fsp3) is 0.533. The standard InChI is InChI=1S/C15H22N2O3S.ClH/c1-17(15(19)8-12-10-21-6-5-16-12)9-11-3-4-14(20-2)13(18)7-11;/h3-4,7,12,16,18H,5-6,8-10H2,1-2H3;1H. The van der Waals surface area contributed by atoms with Crippen LogP contribution in [-0.4, -0.2) is 54.2 Å². The van der Waals surface area contributed by atoms with Gasteiger partial charge in [0, 0.05) is 44.1 Å². The summed E-state index contributed by atoms with van der Waals surface area (Å²) in [4.78, 5) is 13.9. The first-order chi connectivity index (χ1) is 10.1. The van der Waals surface area contributed by atoms with Gasteiger partial charge in [-0.2, -0.15) is 11.8 Å². The smallest absolute Gasteiger partial charge is 0.224 e. The van der Waals surface area contributed by atoms with E-state index in [9.17, 15) is 9.90 Å². The number of ether oxygens (including phenoxy) is 1. The van der Waals surface area contributed by atoms with Gasteiger partial charge in [0.15, 0.2) is 11.5 Å². The van der Waals surface area contributed by atoms with Gasteiger partial charge in [-0.3, -0.25) is 4.79 Å². The average molecular weight is 347 g/mol. The van der Waals surface area contributed by atoms with Gasteiger partial charge < -0.3 is 20.1 Å². The van der Waals surface area contributed by atoms with Crippen LogP contribution in [0.3, 0.4) is 0 Å². The van der Waals surface area contributed by atoms with Crippen molar-refractivity contribution >= 4 is 30.1 Å². The predicted molar refractivity (Wildman–Crippen MR) is 92.1 cm³/mol. The van der Waals surface area contributed by atoms with Crippen molar-refractivity contribution in [1.82, 2.24) is 10.2 Å². The van der Waals surface area contributed by atoms with E-state index in [2.05, 4.69) is 5.32 Å². The Hall–Kier alpha value is -1.11. The minimum Gasteiger partial charge on any atom is -0.504 e. The van der Waals surface area contributed by atoms with E-state index >= 15 is 0 Å². The minimum absolute atomic E-state index is 0. The second kappa shape index (κ2) is 9.12. The number of rotatable bonds is 5. The Morgan fingerprint density at radius 3 is 2.91 bits per heavy atom. The highest BCUT2D eigenvalue weighted by Gasteiger charge is 2.19. The van der Waals surface area contributed by atoms with Gasteiger partial charge in [0.2, 0.25) is 5.91 Å². The first kappa shape index (κ1) is 18.9. The second-order valence-corrected chi connectivity index (χ2v) is 6.34. The van der Waals surface area contributed by atoms with Crippen LogP contribution in [-0.2, 0) is 11.3 Å². The number of thioether (sulfide) groups is 1. The molecule has 0 bridgehead atoms. The molecule has 22 heavy (non-hydrogen) atoms. The van der Waals surface area contributed by atoms with Crippen LogP contribution in [0.5, 0.6) is 11.5 Å². The Balaban J connectivity index is 0.00000242. The summed E-state index contributed by atoms with van der Waals surface area (Å²) in [6.45, 7) is 1.45. The lowest BCUT2D eigenvalue weighted by molar-refractivity contribution is -0.130. The number of phenols is 1. The van der Waals surface area contributed by atoms with E-state index in [-0.39, 0.29) is 30.1 Å². The maximum Gasteiger partial charge on any atom is 0.224 e. The third kappa shape index (κ3) is 5.26. The number of methoxy groups -OCH3 is 1. The summed E-state index contributed by atoms with van der Waals surface area (Å²) >= 11 is 1.89. The van der Waals surface area contributed by atoms with Crippen molar-refractivity contribution in [1.29, 1.82) is 0 Å². The molecule has 2 rings (SSSR count). The number of benzene rings is 1. The lowest BCUT2D eigenvalue weighted by Crippen LogP contribution is -2.41. The van der Waals surface area contributed by atoms with E-state index in [1.54, 1.807) is 24.1 Å². The summed E-state index contributed by atoms with van der Waals surface area (Å²) in [7, 11) is 3.30. The molecule has 1 amide bonds. The molecule has 0 aromatic heterocycles. The highest BCUT2D eigenvalue weighted by Crippen LogP contribution is 2.26. The Morgan fingerprint density at radius 1 is 1.55 bits per heavy atom. The molecule has 0 radical (unpaired) electrons. The van der Waals surface area contributed by atoms with Gasteiger partial charge in [-0.15, -0.1) is 12.4 Å². The van der Waals surface area contributed by atoms with Crippen LogP contribution >= 0.6 is 24.2 Å². The first-order valence-corrected chi connectivity index (χ1v) is 8.16. The van der Waals surface area contributed by atoms with E-state index in [1.165, 1.54) is 7.11 Å². The molecular weight excluding hydrogens is 324 g/mol. The zero-order chi connectivity index (χ0) is 15.2. The zero-order valence-corrected chi connectivity index (χ0v) is 14.5. The van der Waals surface area contributed by atoms with Crippen molar-refractivity contribution in [2.75, 3.05) is 32.2 Å². The van der Waals surface area contributed by atoms with E-state index in [1.807, 2.05) is 17.8 Å². The van der Waals surface area contributed by atoms with Crippen LogP contribution < -0.4 is 10.1 Å². The average Bonchev–Trinajstić information content (AvgIpc) is 2.48. The van der Waals surface area contributed by atoms with Gasteiger partial charge in [-0.1, -0.05) is 6.07 Å². The van der Waals surface area contributed by atoms with E-state index in [0.29, 0.717) is 18.7 Å². The fourth-order valence-corrected chi connectivity index (χ4v) is 3.26. The minimum atomic E-state index is 0. The number of hydrogen-bond acceptors (Lipinski definition) is 5. The number of carbonyl (C=O) groups excluding carboxylic acids is 1. The molecule has 1 aromatic rings. The van der Waals surface area contributed by atoms with E-state index in [4.69, 9.17) is 4.74 Å². The number of halogens is 1. The van der Waals surface area contributed by atoms with Crippen LogP contribution in [0.2, 0.25) is 0 Å². The number of phenolic OH excluding ortho intramolecular Hbond substituents is 1. The number of nitrogens with zero attached hydrogens (tertiary/aromatic N) is 1. The molecule has 124 valence electrons. The van der Waals surface area contributed by atoms with Gasteiger partial charge >= 0.3 is 0 Å². The maximum atomic E-state index is 12.2. The van der Waals surface area contributed by atoms with E-state index in [0.717, 1.165) is 23.6 Å². The third-order valence-electron chi connectivity index (χ3n) is 3.51. The molecule has 0 saturated carbocycles. The summed E-state index contributed by atoms with van der Waals surface area (Å²) in [5, 5.41) is 13.1. The number of amides is 1. The molecule has 1 aromatic carbocycles. The molecule has 2 N–H and O–H groups in total. The van der Waals surface area contributed by atoms with Crippen molar-refractivity contribution in [2.24, 2.45) is 0 Å². The monoisotopic (exact) mass is 346 g/mol. The summed E-state index contributed by atoms with van der Waals surface area (Å²) < 4.78 is 5.01. The van der Waals surface area contributed by atoms with Crippen LogP contribution in [0.15, 0.2) is 18.2 Å². The molecule has 1 aliphatic rings. The largest absolute Gasteiger partial charge is 0.504 e. The van der Waals surface area contributed by atoms with Gasteiger partial charge in [0.05, 0.1) is 7.11 Å². The molecule has 1 heterocycles. The Kier molecular flexibility index (Phi) is 7.85. The molecular formula is C15H23ClN2O3S. The summed E-state index contributed by atoms with van der Waals surface area (Å²) in [5.74, 6) is 2.76. The fourth-order valence-electron chi connectivity index (χ4n) is 2.31. The lowest BCUT2D eigenvalue weighted by atomic mass is 10.1. The third-order valence-corrected chi connectivity index (χ3v) is 4.64. The number of carbonyl (C=O) groups is 1. The number of nitrogens with one attached hydrogen (secondary N) is 1. The number of hydrogen-bond donors (Lipinski definition) is 2. The predicted octanol–water partition coefficient (Wildman–Crippen LogP) is 1.88. The SMILES string of the molecule is COc1ccc(CN(C)C(=O)CC2CSCCN2)cc1O.Cl. The van der Waals surface area contributed by atoms with Crippen molar-refractivity contribution in [2.45, 2.75) is 19.0 Å². The second-order valence-electron chi connectivity index (χ2n) is 5.19. The van der Waals surface area contributed by atoms with Gasteiger partial charge in [-0.25, -0.2) is 0 Å². The maximum absolute atomic E-state index is 12.2. The molecule has 1 saturated heterocycles. The molecule has 7 heteroatoms. The Bertz CT molecular complexity index is 496. The van der Waals surface area contributed by atoms with Crippen molar-refractivity contribution < 1.29 is 14.6 Å². The van der Waals surface area contributed by atoms with Gasteiger partial charge in [-0.05, 0) is 17.7 Å². The Labute approximate surface area is 141 Å². The molecule has 1 atom stereocenters. The highest BCUT2D eigenvalue weighted by molar-refractivity contribution is 7.99. The lowest BCUT2D eigenvalue weighted by Gasteiger charge is -2.25. The Morgan fingerprint density at radius 2 is 2.32 bits per heavy atom. The van der Waals surface area contributed by atoms with Crippen LogP contribution in [0.4, 0.5) is 0 Å². The van der Waals surface area contributed by atoms with Crippen molar-refractivity contribution in [3.8, 4) is 11.5 Å². The summed E-state index contributed by atoms with van der Waals surface area (Å²) in [6.07, 6.45) is 0.519. The molecule has 0 spiro atoms. The van der Waals surface area contributed by atoms with Gasteiger partial charge in [0.25, 0.3) is 0 Å². The zero-order valence-electron chi connectivity index (χ0n) is 12.9. The molecule has 1 fully saturated rings. The summed E-state index contributed by atoms with van der Waals surface area (Å²) in [6, 6.07) is 5.47. The molecule has 1 unspecified atom stereocenters. The number of aromatic hydroxyl groups is 1. The van der Waals surface area contributed by atoms with Crippen LogP contribution in [0, 0.1) is 0 Å². The highest BCUT2D eigenvalue weighted by atomic mass is 35.5. The first-order valence-electron chi connectivity index (χ1n) is 7.01. The summed E-state index contributed by atoms with van der Waals surface area (Å²) in [5.41, 5.74) is 0.884.